The van der Waals surface area contributed by atoms with Gasteiger partial charge in [0.15, 0.2) is 0 Å². The first kappa shape index (κ1) is 20.9. The van der Waals surface area contributed by atoms with E-state index in [1.54, 1.807) is 0 Å². The van der Waals surface area contributed by atoms with E-state index in [1.807, 2.05) is 0 Å². The molecule has 0 rings (SSSR count). The Morgan fingerprint density at radius 1 is 1.17 bits per heavy atom. The van der Waals surface area contributed by atoms with Crippen LogP contribution in [0.5, 0.6) is 0 Å². The number of carboxylic acid groups (broad SMARTS) is 1. The second-order valence-electron chi connectivity index (χ2n) is 3.88. The molecule has 0 aromatic carbocycles. The third kappa shape index (κ3) is 14.7. The van der Waals surface area contributed by atoms with Gasteiger partial charge in [-0.3, -0.25) is 4.79 Å². The molecule has 0 saturated carbocycles. The molecule has 18 heavy (non-hydrogen) atoms. The van der Waals surface area contributed by atoms with Gasteiger partial charge in [0.05, 0.1) is 0 Å². The predicted octanol–water partition coefficient (Wildman–Crippen LogP) is -2.57. The SMILES string of the molecule is O=C([O-])CCNC(=O)CCCCC(S)CCS.[Na+]. The van der Waals surface area contributed by atoms with Crippen molar-refractivity contribution in [3.05, 3.63) is 0 Å². The van der Waals surface area contributed by atoms with E-state index in [0.29, 0.717) is 11.7 Å². The number of nitrogens with one attached hydrogen (secondary N) is 1. The van der Waals surface area contributed by atoms with Gasteiger partial charge in [0.25, 0.3) is 0 Å². The summed E-state index contributed by atoms with van der Waals surface area (Å²) < 4.78 is 0. The zero-order chi connectivity index (χ0) is 13.1. The van der Waals surface area contributed by atoms with Crippen molar-refractivity contribution in [2.24, 2.45) is 0 Å². The van der Waals surface area contributed by atoms with Crippen molar-refractivity contribution in [3.63, 3.8) is 0 Å². The van der Waals surface area contributed by atoms with Gasteiger partial charge in [-0.15, -0.1) is 0 Å². The molecule has 0 aliphatic rings. The van der Waals surface area contributed by atoms with Crippen molar-refractivity contribution in [1.82, 2.24) is 5.32 Å². The van der Waals surface area contributed by atoms with Crippen molar-refractivity contribution in [1.29, 1.82) is 0 Å². The molecule has 0 spiro atoms. The van der Waals surface area contributed by atoms with Crippen molar-refractivity contribution in [2.45, 2.75) is 43.8 Å². The van der Waals surface area contributed by atoms with Gasteiger partial charge in [-0.05, 0) is 25.0 Å². The zero-order valence-electron chi connectivity index (χ0n) is 10.9. The van der Waals surface area contributed by atoms with Crippen LogP contribution < -0.4 is 40.0 Å². The molecule has 0 aromatic rings. The first-order valence-electron chi connectivity index (χ1n) is 5.81. The first-order chi connectivity index (χ1) is 8.06. The Morgan fingerprint density at radius 2 is 1.83 bits per heavy atom. The molecule has 1 atom stereocenters. The van der Waals surface area contributed by atoms with Gasteiger partial charge in [0.2, 0.25) is 5.91 Å². The summed E-state index contributed by atoms with van der Waals surface area (Å²) in [6.45, 7) is 0.149. The molecule has 1 N–H and O–H groups in total. The second kappa shape index (κ2) is 14.1. The van der Waals surface area contributed by atoms with Crippen LogP contribution in [0.2, 0.25) is 0 Å². The molecular formula is C11H20NNaO3S2. The Morgan fingerprint density at radius 3 is 2.39 bits per heavy atom. The van der Waals surface area contributed by atoms with Gasteiger partial charge >= 0.3 is 29.6 Å². The van der Waals surface area contributed by atoms with E-state index in [-0.39, 0.29) is 48.4 Å². The van der Waals surface area contributed by atoms with E-state index in [0.717, 1.165) is 31.4 Å². The Labute approximate surface area is 142 Å². The second-order valence-corrected chi connectivity index (χ2v) is 5.06. The number of unbranched alkanes of at least 4 members (excludes halogenated alkanes) is 1. The van der Waals surface area contributed by atoms with Crippen molar-refractivity contribution in [3.8, 4) is 0 Å². The first-order valence-corrected chi connectivity index (χ1v) is 6.96. The van der Waals surface area contributed by atoms with E-state index in [1.165, 1.54) is 0 Å². The topological polar surface area (TPSA) is 69.2 Å². The van der Waals surface area contributed by atoms with E-state index in [2.05, 4.69) is 30.6 Å². The van der Waals surface area contributed by atoms with Crippen LogP contribution in [-0.4, -0.2) is 29.4 Å². The minimum absolute atomic E-state index is 0. The molecule has 4 nitrogen and oxygen atoms in total. The summed E-state index contributed by atoms with van der Waals surface area (Å²) in [4.78, 5) is 21.3. The largest absolute Gasteiger partial charge is 1.00 e. The van der Waals surface area contributed by atoms with Crippen LogP contribution in [-0.2, 0) is 9.59 Å². The normalized spacial score (nSPS) is 11.4. The van der Waals surface area contributed by atoms with Gasteiger partial charge in [0.1, 0.15) is 0 Å². The van der Waals surface area contributed by atoms with E-state index >= 15 is 0 Å². The third-order valence-corrected chi connectivity index (χ3v) is 3.08. The van der Waals surface area contributed by atoms with Gasteiger partial charge < -0.3 is 15.2 Å². The molecule has 0 bridgehead atoms. The number of hydrogen-bond acceptors (Lipinski definition) is 5. The van der Waals surface area contributed by atoms with Gasteiger partial charge in [0, 0.05) is 30.6 Å². The van der Waals surface area contributed by atoms with E-state index in [9.17, 15) is 14.7 Å². The van der Waals surface area contributed by atoms with Gasteiger partial charge in [-0.2, -0.15) is 25.3 Å². The van der Waals surface area contributed by atoms with Crippen molar-refractivity contribution < 1.29 is 44.3 Å². The van der Waals surface area contributed by atoms with Gasteiger partial charge in [-0.1, -0.05) is 6.42 Å². The van der Waals surface area contributed by atoms with Crippen LogP contribution >= 0.6 is 25.3 Å². The summed E-state index contributed by atoms with van der Waals surface area (Å²) in [5.41, 5.74) is 0. The summed E-state index contributed by atoms with van der Waals surface area (Å²) in [5.74, 6) is -0.413. The van der Waals surface area contributed by atoms with Crippen LogP contribution in [0.3, 0.4) is 0 Å². The third-order valence-electron chi connectivity index (χ3n) is 2.30. The fraction of sp³-hybridized carbons (Fsp3) is 0.818. The number of carbonyl (C=O) groups excluding carboxylic acids is 2. The fourth-order valence-electron chi connectivity index (χ4n) is 1.35. The summed E-state index contributed by atoms with van der Waals surface area (Å²) in [6.07, 6.45) is 4.03. The number of amides is 1. The van der Waals surface area contributed by atoms with Crippen molar-refractivity contribution in [2.75, 3.05) is 12.3 Å². The van der Waals surface area contributed by atoms with Crippen LogP contribution in [0.1, 0.15) is 38.5 Å². The Bertz CT molecular complexity index is 242. The number of aliphatic carboxylic acids is 1. The number of carbonyl (C=O) groups is 2. The van der Waals surface area contributed by atoms with Crippen LogP contribution in [0.15, 0.2) is 0 Å². The Hall–Kier alpha value is 0.640. The molecule has 0 aromatic heterocycles. The van der Waals surface area contributed by atoms with Crippen molar-refractivity contribution >= 4 is 37.1 Å². The fourth-order valence-corrected chi connectivity index (χ4v) is 2.18. The van der Waals surface area contributed by atoms with E-state index in [4.69, 9.17) is 0 Å². The zero-order valence-corrected chi connectivity index (χ0v) is 14.6. The van der Waals surface area contributed by atoms with Gasteiger partial charge in [-0.25, -0.2) is 0 Å². The maximum absolute atomic E-state index is 11.2. The molecule has 100 valence electrons. The molecule has 0 fully saturated rings. The number of carboxylic acids is 1. The quantitative estimate of drug-likeness (QED) is 0.236. The van der Waals surface area contributed by atoms with E-state index < -0.39 is 5.97 Å². The molecular weight excluding hydrogens is 281 g/mol. The van der Waals surface area contributed by atoms with Crippen LogP contribution in [0, 0.1) is 0 Å². The standard InChI is InChI=1S/C11H21NO3S2.Na/c13-10(12-7-5-11(14)15)4-2-1-3-9(17)6-8-16;/h9,16-17H,1-8H2,(H,12,13)(H,14,15);/q;+1/p-1. The number of hydrogen-bond donors (Lipinski definition) is 3. The average Bonchev–Trinajstić information content (AvgIpc) is 2.24. The Kier molecular flexibility index (Phi) is 16.4. The average molecular weight is 301 g/mol. The predicted molar refractivity (Wildman–Crippen MR) is 72.3 cm³/mol. The molecule has 0 saturated heterocycles. The molecule has 0 heterocycles. The number of thiol groups is 2. The maximum Gasteiger partial charge on any atom is 1.00 e. The van der Waals surface area contributed by atoms with Crippen LogP contribution in [0.4, 0.5) is 0 Å². The monoisotopic (exact) mass is 301 g/mol. The molecule has 1 amide bonds. The molecule has 7 heteroatoms. The summed E-state index contributed by atoms with van der Waals surface area (Å²) in [6, 6.07) is 0. The molecule has 0 aliphatic heterocycles. The molecule has 0 aliphatic carbocycles. The summed E-state index contributed by atoms with van der Waals surface area (Å²) in [5, 5.41) is 13.0. The smallest absolute Gasteiger partial charge is 0.550 e. The molecule has 1 unspecified atom stereocenters. The Balaban J connectivity index is 0. The minimum atomic E-state index is -1.14. The minimum Gasteiger partial charge on any atom is -0.550 e. The van der Waals surface area contributed by atoms with Crippen LogP contribution in [0.25, 0.3) is 0 Å². The summed E-state index contributed by atoms with van der Waals surface area (Å²) in [7, 11) is 0. The number of rotatable bonds is 10. The maximum atomic E-state index is 11.2. The summed E-state index contributed by atoms with van der Waals surface area (Å²) >= 11 is 8.52. The molecule has 0 radical (unpaired) electrons.